The van der Waals surface area contributed by atoms with E-state index in [2.05, 4.69) is 9.97 Å². The number of alkyl halides is 3. The van der Waals surface area contributed by atoms with Crippen LogP contribution in [0, 0.1) is 0 Å². The summed E-state index contributed by atoms with van der Waals surface area (Å²) in [7, 11) is 0. The molecule has 0 unspecified atom stereocenters. The first-order valence-corrected chi connectivity index (χ1v) is 4.01. The van der Waals surface area contributed by atoms with Gasteiger partial charge in [0.15, 0.2) is 0 Å². The first kappa shape index (κ1) is 9.81. The smallest absolute Gasteiger partial charge is 0.449 e. The summed E-state index contributed by atoms with van der Waals surface area (Å²) in [6.45, 7) is -0.176. The minimum absolute atomic E-state index is 0.0756. The third kappa shape index (κ3) is 1.62. The van der Waals surface area contributed by atoms with Crippen LogP contribution in [0.4, 0.5) is 18.0 Å². The van der Waals surface area contributed by atoms with E-state index in [4.69, 9.17) is 5.11 Å². The summed E-state index contributed by atoms with van der Waals surface area (Å²) >= 11 is 0. The molecule has 5 nitrogen and oxygen atoms in total. The summed E-state index contributed by atoms with van der Waals surface area (Å²) in [4.78, 5) is 16.9. The second kappa shape index (κ2) is 2.88. The van der Waals surface area contributed by atoms with Crippen LogP contribution < -0.4 is 0 Å². The molecule has 0 radical (unpaired) electrons. The second-order valence-electron chi connectivity index (χ2n) is 3.15. The molecule has 0 aromatic carbocycles. The molecule has 0 spiro atoms. The molecule has 2 heterocycles. The molecule has 0 aliphatic carbocycles. The lowest BCUT2D eigenvalue weighted by Gasteiger charge is -2.09. The van der Waals surface area contributed by atoms with E-state index >= 15 is 0 Å². The van der Waals surface area contributed by atoms with Crippen molar-refractivity contribution < 1.29 is 23.1 Å². The van der Waals surface area contributed by atoms with E-state index in [-0.39, 0.29) is 24.5 Å². The van der Waals surface area contributed by atoms with Crippen molar-refractivity contribution in [1.29, 1.82) is 0 Å². The highest BCUT2D eigenvalue weighted by Crippen LogP contribution is 2.30. The number of hydrogen-bond acceptors (Lipinski definition) is 2. The lowest BCUT2D eigenvalue weighted by molar-refractivity contribution is -0.144. The van der Waals surface area contributed by atoms with Gasteiger partial charge in [0.1, 0.15) is 0 Å². The summed E-state index contributed by atoms with van der Waals surface area (Å²) in [5.41, 5.74) is 0.356. The SMILES string of the molecule is O=C(O)N1Cc2nc(C(F)(F)F)[nH]c2C1. The van der Waals surface area contributed by atoms with E-state index < -0.39 is 18.1 Å². The van der Waals surface area contributed by atoms with Crippen molar-refractivity contribution in [3.05, 3.63) is 17.2 Å². The largest absolute Gasteiger partial charge is 0.465 e. The number of aromatic amines is 1. The summed E-state index contributed by atoms with van der Waals surface area (Å²) in [5, 5.41) is 8.59. The van der Waals surface area contributed by atoms with Crippen molar-refractivity contribution in [2.24, 2.45) is 0 Å². The van der Waals surface area contributed by atoms with Gasteiger partial charge in [-0.2, -0.15) is 13.2 Å². The van der Waals surface area contributed by atoms with Gasteiger partial charge in [-0.05, 0) is 0 Å². The van der Waals surface area contributed by atoms with Gasteiger partial charge in [0, 0.05) is 0 Å². The summed E-state index contributed by atoms with van der Waals surface area (Å²) in [6, 6.07) is 0. The number of aromatic nitrogens is 2. The summed E-state index contributed by atoms with van der Waals surface area (Å²) in [5.74, 6) is -1.07. The Labute approximate surface area is 81.5 Å². The number of halogens is 3. The molecule has 0 bridgehead atoms. The molecule has 1 aliphatic rings. The molecule has 2 rings (SSSR count). The maximum atomic E-state index is 12.2. The average molecular weight is 221 g/mol. The van der Waals surface area contributed by atoms with Gasteiger partial charge in [-0.3, -0.25) is 4.90 Å². The first-order valence-electron chi connectivity index (χ1n) is 4.01. The van der Waals surface area contributed by atoms with Gasteiger partial charge in [-0.25, -0.2) is 9.78 Å². The molecule has 0 fully saturated rings. The normalized spacial score (nSPS) is 15.5. The zero-order chi connectivity index (χ0) is 11.2. The third-order valence-corrected chi connectivity index (χ3v) is 2.09. The molecule has 15 heavy (non-hydrogen) atoms. The van der Waals surface area contributed by atoms with Gasteiger partial charge in [0.25, 0.3) is 0 Å². The molecule has 0 saturated carbocycles. The van der Waals surface area contributed by atoms with Crippen LogP contribution in [0.25, 0.3) is 0 Å². The zero-order valence-electron chi connectivity index (χ0n) is 7.30. The Bertz CT molecular complexity index is 389. The standard InChI is InChI=1S/C7H6F3N3O2/c8-7(9,10)5-11-3-1-13(6(14)15)2-4(3)12-5/h1-2H2,(H,11,12)(H,14,15). The van der Waals surface area contributed by atoms with Crippen LogP contribution in [0.2, 0.25) is 0 Å². The van der Waals surface area contributed by atoms with Crippen molar-refractivity contribution in [2.45, 2.75) is 19.3 Å². The summed E-state index contributed by atoms with van der Waals surface area (Å²) in [6.07, 6.45) is -5.69. The highest BCUT2D eigenvalue weighted by molar-refractivity contribution is 5.65. The maximum Gasteiger partial charge on any atom is 0.449 e. The minimum Gasteiger partial charge on any atom is -0.465 e. The van der Waals surface area contributed by atoms with E-state index in [1.807, 2.05) is 0 Å². The van der Waals surface area contributed by atoms with Crippen molar-refractivity contribution in [1.82, 2.24) is 14.9 Å². The fourth-order valence-corrected chi connectivity index (χ4v) is 1.40. The van der Waals surface area contributed by atoms with Gasteiger partial charge >= 0.3 is 12.3 Å². The van der Waals surface area contributed by atoms with Crippen LogP contribution >= 0.6 is 0 Å². The van der Waals surface area contributed by atoms with Gasteiger partial charge < -0.3 is 10.1 Å². The molecule has 1 amide bonds. The van der Waals surface area contributed by atoms with E-state index in [0.717, 1.165) is 4.90 Å². The Balaban J connectivity index is 2.23. The van der Waals surface area contributed by atoms with Crippen molar-refractivity contribution >= 4 is 6.09 Å². The molecule has 1 aliphatic heterocycles. The van der Waals surface area contributed by atoms with Crippen LogP contribution in [0.5, 0.6) is 0 Å². The van der Waals surface area contributed by atoms with Gasteiger partial charge in [-0.1, -0.05) is 0 Å². The Morgan fingerprint density at radius 3 is 2.60 bits per heavy atom. The Morgan fingerprint density at radius 2 is 2.13 bits per heavy atom. The van der Waals surface area contributed by atoms with Crippen LogP contribution in [-0.2, 0) is 19.3 Å². The van der Waals surface area contributed by atoms with Gasteiger partial charge in [0.2, 0.25) is 5.82 Å². The molecule has 2 N–H and O–H groups in total. The molecule has 1 aromatic rings. The number of nitrogens with one attached hydrogen (secondary N) is 1. The zero-order valence-corrected chi connectivity index (χ0v) is 7.30. The lowest BCUT2D eigenvalue weighted by atomic mass is 10.4. The second-order valence-corrected chi connectivity index (χ2v) is 3.15. The number of hydrogen-bond donors (Lipinski definition) is 2. The fraction of sp³-hybridized carbons (Fsp3) is 0.429. The van der Waals surface area contributed by atoms with Crippen LogP contribution in [0.3, 0.4) is 0 Å². The van der Waals surface area contributed by atoms with Crippen molar-refractivity contribution in [3.8, 4) is 0 Å². The molecular weight excluding hydrogens is 215 g/mol. The molecule has 8 heteroatoms. The topological polar surface area (TPSA) is 69.2 Å². The molecule has 0 saturated heterocycles. The number of carbonyl (C=O) groups is 1. The average Bonchev–Trinajstić information content (AvgIpc) is 2.55. The highest BCUT2D eigenvalue weighted by atomic mass is 19.4. The van der Waals surface area contributed by atoms with E-state index in [1.54, 1.807) is 0 Å². The van der Waals surface area contributed by atoms with Gasteiger partial charge in [-0.15, -0.1) is 0 Å². The number of H-pyrrole nitrogens is 1. The quantitative estimate of drug-likeness (QED) is 0.696. The lowest BCUT2D eigenvalue weighted by Crippen LogP contribution is -2.23. The third-order valence-electron chi connectivity index (χ3n) is 2.09. The maximum absolute atomic E-state index is 12.2. The van der Waals surface area contributed by atoms with Crippen molar-refractivity contribution in [2.75, 3.05) is 0 Å². The van der Waals surface area contributed by atoms with Crippen LogP contribution in [-0.4, -0.2) is 26.1 Å². The van der Waals surface area contributed by atoms with Gasteiger partial charge in [0.05, 0.1) is 24.5 Å². The van der Waals surface area contributed by atoms with E-state index in [1.165, 1.54) is 0 Å². The molecule has 0 atom stereocenters. The monoisotopic (exact) mass is 221 g/mol. The number of fused-ring (bicyclic) bond motifs is 1. The van der Waals surface area contributed by atoms with Crippen molar-refractivity contribution in [3.63, 3.8) is 0 Å². The number of imidazole rings is 1. The predicted molar refractivity (Wildman–Crippen MR) is 40.9 cm³/mol. The van der Waals surface area contributed by atoms with E-state index in [9.17, 15) is 18.0 Å². The fourth-order valence-electron chi connectivity index (χ4n) is 1.40. The van der Waals surface area contributed by atoms with Crippen LogP contribution in [0.15, 0.2) is 0 Å². The predicted octanol–water partition coefficient (Wildman–Crippen LogP) is 1.42. The Kier molecular flexibility index (Phi) is 1.88. The number of amides is 1. The molecular formula is C7H6F3N3O2. The Morgan fingerprint density at radius 1 is 1.47 bits per heavy atom. The molecule has 1 aromatic heterocycles. The van der Waals surface area contributed by atoms with E-state index in [0.29, 0.717) is 0 Å². The number of carboxylic acid groups (broad SMARTS) is 1. The van der Waals surface area contributed by atoms with Crippen LogP contribution in [0.1, 0.15) is 17.2 Å². The first-order chi connectivity index (χ1) is 6.88. The highest BCUT2D eigenvalue weighted by Gasteiger charge is 2.38. The number of rotatable bonds is 0. The minimum atomic E-state index is -4.52. The number of nitrogens with zero attached hydrogens (tertiary/aromatic N) is 2. The Hall–Kier alpha value is -1.73. The summed E-state index contributed by atoms with van der Waals surface area (Å²) < 4.78 is 36.5. The molecule has 82 valence electrons.